The van der Waals surface area contributed by atoms with Gasteiger partial charge in [-0.2, -0.15) is 8.78 Å². The van der Waals surface area contributed by atoms with Crippen molar-refractivity contribution in [2.45, 2.75) is 30.4 Å². The molecule has 1 atom stereocenters. The van der Waals surface area contributed by atoms with Gasteiger partial charge in [0.05, 0.1) is 27.6 Å². The number of imidazole rings is 1. The van der Waals surface area contributed by atoms with E-state index in [1.54, 1.807) is 6.07 Å². The van der Waals surface area contributed by atoms with Crippen molar-refractivity contribution in [2.24, 2.45) is 0 Å². The first-order chi connectivity index (χ1) is 13.5. The number of aromatic nitrogens is 2. The first-order valence-electron chi connectivity index (χ1n) is 8.86. The Bertz CT molecular complexity index is 1020. The maximum absolute atomic E-state index is 13.8. The van der Waals surface area contributed by atoms with Crippen molar-refractivity contribution in [2.75, 3.05) is 18.0 Å². The molecule has 1 aliphatic heterocycles. The summed E-state index contributed by atoms with van der Waals surface area (Å²) in [6, 6.07) is 8.81. The standard InChI is InChI=1S/C19H18F3N3O2S/c20-13-3-6-17(25-7-1-2-8-25)12(9-13)11-28(26)19-23-15-5-4-14(27-18(21)22)10-16(15)24-19/h3-6,9-10,18H,1-2,7-8,11H2,(H,23,24). The summed E-state index contributed by atoms with van der Waals surface area (Å²) in [6.45, 7) is -1.14. The number of nitrogens with zero attached hydrogens (tertiary/aromatic N) is 2. The molecule has 0 spiro atoms. The molecule has 4 rings (SSSR count). The molecule has 2 aromatic carbocycles. The maximum Gasteiger partial charge on any atom is 0.387 e. The number of fused-ring (bicyclic) bond motifs is 1. The monoisotopic (exact) mass is 409 g/mol. The molecule has 1 unspecified atom stereocenters. The van der Waals surface area contributed by atoms with E-state index in [1.807, 2.05) is 0 Å². The van der Waals surface area contributed by atoms with Crippen LogP contribution in [0.15, 0.2) is 41.6 Å². The fraction of sp³-hybridized carbons (Fsp3) is 0.316. The van der Waals surface area contributed by atoms with E-state index >= 15 is 0 Å². The summed E-state index contributed by atoms with van der Waals surface area (Å²) in [7, 11) is -1.55. The first kappa shape index (κ1) is 18.8. The fourth-order valence-corrected chi connectivity index (χ4v) is 4.47. The normalized spacial score (nSPS) is 15.5. The maximum atomic E-state index is 13.8. The topological polar surface area (TPSA) is 58.2 Å². The second-order valence-electron chi connectivity index (χ2n) is 6.56. The SMILES string of the molecule is O=S(Cc1cc(F)ccc1N1CCCC1)c1nc2ccc(OC(F)F)cc2[nH]1. The number of hydrogen-bond acceptors (Lipinski definition) is 4. The minimum atomic E-state index is -2.93. The molecule has 5 nitrogen and oxygen atoms in total. The number of halogens is 3. The van der Waals surface area contributed by atoms with E-state index in [0.717, 1.165) is 31.6 Å². The zero-order valence-electron chi connectivity index (χ0n) is 14.8. The molecule has 148 valence electrons. The average Bonchev–Trinajstić information content (AvgIpc) is 3.30. The lowest BCUT2D eigenvalue weighted by Gasteiger charge is -2.21. The number of alkyl halides is 2. The largest absolute Gasteiger partial charge is 0.435 e. The van der Waals surface area contributed by atoms with Gasteiger partial charge in [-0.15, -0.1) is 0 Å². The van der Waals surface area contributed by atoms with Crippen LogP contribution in [0.4, 0.5) is 18.9 Å². The Morgan fingerprint density at radius 2 is 1.96 bits per heavy atom. The van der Waals surface area contributed by atoms with Gasteiger partial charge in [0.2, 0.25) is 0 Å². The second kappa shape index (κ2) is 7.83. The van der Waals surface area contributed by atoms with Crippen molar-refractivity contribution in [3.8, 4) is 5.75 Å². The number of H-pyrrole nitrogens is 1. The summed E-state index contributed by atoms with van der Waals surface area (Å²) in [5.74, 6) is -0.289. The van der Waals surface area contributed by atoms with Gasteiger partial charge in [0.15, 0.2) is 5.16 Å². The number of ether oxygens (including phenoxy) is 1. The number of benzene rings is 2. The van der Waals surface area contributed by atoms with E-state index in [1.165, 1.54) is 30.3 Å². The highest BCUT2D eigenvalue weighted by Gasteiger charge is 2.19. The summed E-state index contributed by atoms with van der Waals surface area (Å²) in [5.41, 5.74) is 2.47. The molecule has 1 saturated heterocycles. The van der Waals surface area contributed by atoms with E-state index in [2.05, 4.69) is 19.6 Å². The van der Waals surface area contributed by atoms with Gasteiger partial charge in [0.1, 0.15) is 11.6 Å². The summed E-state index contributed by atoms with van der Waals surface area (Å²) in [5, 5.41) is 0.209. The lowest BCUT2D eigenvalue weighted by Crippen LogP contribution is -2.19. The van der Waals surface area contributed by atoms with Crippen LogP contribution in [-0.4, -0.2) is 33.9 Å². The predicted molar refractivity (Wildman–Crippen MR) is 101 cm³/mol. The van der Waals surface area contributed by atoms with Crippen LogP contribution in [-0.2, 0) is 16.6 Å². The van der Waals surface area contributed by atoms with E-state index in [0.29, 0.717) is 16.6 Å². The number of hydrogen-bond donors (Lipinski definition) is 1. The molecule has 0 amide bonds. The molecule has 28 heavy (non-hydrogen) atoms. The minimum Gasteiger partial charge on any atom is -0.435 e. The highest BCUT2D eigenvalue weighted by molar-refractivity contribution is 7.84. The van der Waals surface area contributed by atoms with Crippen molar-refractivity contribution < 1.29 is 22.1 Å². The third-order valence-electron chi connectivity index (χ3n) is 4.65. The van der Waals surface area contributed by atoms with Crippen LogP contribution in [0.3, 0.4) is 0 Å². The van der Waals surface area contributed by atoms with Gasteiger partial charge in [-0.1, -0.05) is 0 Å². The van der Waals surface area contributed by atoms with Crippen molar-refractivity contribution >= 4 is 27.5 Å². The molecule has 0 saturated carbocycles. The Kier molecular flexibility index (Phi) is 5.25. The lowest BCUT2D eigenvalue weighted by atomic mass is 10.2. The highest BCUT2D eigenvalue weighted by Crippen LogP contribution is 2.28. The average molecular weight is 409 g/mol. The summed E-state index contributed by atoms with van der Waals surface area (Å²) in [4.78, 5) is 9.33. The minimum absolute atomic E-state index is 0.00932. The summed E-state index contributed by atoms with van der Waals surface area (Å²) < 4.78 is 55.7. The molecule has 1 aliphatic rings. The van der Waals surface area contributed by atoms with Gasteiger partial charge in [0.25, 0.3) is 0 Å². The van der Waals surface area contributed by atoms with E-state index in [-0.39, 0.29) is 22.5 Å². The van der Waals surface area contributed by atoms with Gasteiger partial charge in [-0.25, -0.2) is 9.37 Å². The summed E-state index contributed by atoms with van der Waals surface area (Å²) in [6.07, 6.45) is 2.15. The third-order valence-corrected chi connectivity index (χ3v) is 5.85. The number of anilines is 1. The van der Waals surface area contributed by atoms with Gasteiger partial charge in [-0.05, 0) is 48.7 Å². The van der Waals surface area contributed by atoms with Gasteiger partial charge >= 0.3 is 6.61 Å². The molecule has 0 aliphatic carbocycles. The zero-order valence-corrected chi connectivity index (χ0v) is 15.6. The number of rotatable bonds is 6. The third kappa shape index (κ3) is 3.99. The van der Waals surface area contributed by atoms with Crippen LogP contribution >= 0.6 is 0 Å². The van der Waals surface area contributed by atoms with Crippen LogP contribution in [0.25, 0.3) is 11.0 Å². The quantitative estimate of drug-likeness (QED) is 0.663. The Balaban J connectivity index is 1.59. The van der Waals surface area contributed by atoms with Crippen LogP contribution < -0.4 is 9.64 Å². The molecular formula is C19H18F3N3O2S. The molecule has 9 heteroatoms. The van der Waals surface area contributed by atoms with Crippen LogP contribution in [0, 0.1) is 5.82 Å². The van der Waals surface area contributed by atoms with Crippen molar-refractivity contribution in [1.29, 1.82) is 0 Å². The van der Waals surface area contributed by atoms with Gasteiger partial charge in [0, 0.05) is 24.8 Å². The van der Waals surface area contributed by atoms with Crippen LogP contribution in [0.2, 0.25) is 0 Å². The van der Waals surface area contributed by atoms with E-state index in [9.17, 15) is 17.4 Å². The molecule has 3 aromatic rings. The molecule has 1 fully saturated rings. The summed E-state index contributed by atoms with van der Waals surface area (Å²) >= 11 is 0. The van der Waals surface area contributed by atoms with Gasteiger partial charge < -0.3 is 14.6 Å². The lowest BCUT2D eigenvalue weighted by molar-refractivity contribution is -0.0497. The molecule has 1 aromatic heterocycles. The van der Waals surface area contributed by atoms with E-state index in [4.69, 9.17) is 0 Å². The number of nitrogens with one attached hydrogen (secondary N) is 1. The van der Waals surface area contributed by atoms with Crippen molar-refractivity contribution in [3.63, 3.8) is 0 Å². The molecule has 0 bridgehead atoms. The number of aromatic amines is 1. The van der Waals surface area contributed by atoms with Crippen LogP contribution in [0.1, 0.15) is 18.4 Å². The Morgan fingerprint density at radius 1 is 1.18 bits per heavy atom. The van der Waals surface area contributed by atoms with Crippen molar-refractivity contribution in [1.82, 2.24) is 9.97 Å². The zero-order chi connectivity index (χ0) is 19.7. The Morgan fingerprint density at radius 3 is 2.71 bits per heavy atom. The Hall–Kier alpha value is -2.55. The smallest absolute Gasteiger partial charge is 0.387 e. The second-order valence-corrected chi connectivity index (χ2v) is 7.92. The van der Waals surface area contributed by atoms with Crippen LogP contribution in [0.5, 0.6) is 5.75 Å². The molecule has 0 radical (unpaired) electrons. The predicted octanol–water partition coefficient (Wildman–Crippen LogP) is 4.21. The van der Waals surface area contributed by atoms with Gasteiger partial charge in [-0.3, -0.25) is 4.21 Å². The first-order valence-corrected chi connectivity index (χ1v) is 10.2. The highest BCUT2D eigenvalue weighted by atomic mass is 32.2. The Labute approximate surface area is 162 Å². The van der Waals surface area contributed by atoms with Crippen molar-refractivity contribution in [3.05, 3.63) is 47.8 Å². The molecular weight excluding hydrogens is 391 g/mol. The van der Waals surface area contributed by atoms with E-state index < -0.39 is 17.4 Å². The fourth-order valence-electron chi connectivity index (χ4n) is 3.40. The molecule has 2 heterocycles. The molecule has 1 N–H and O–H groups in total.